The van der Waals surface area contributed by atoms with Crippen LogP contribution in [0.25, 0.3) is 0 Å². The lowest BCUT2D eigenvalue weighted by atomic mass is 9.88. The number of ether oxygens (including phenoxy) is 1. The van der Waals surface area contributed by atoms with Crippen molar-refractivity contribution in [2.45, 2.75) is 24.8 Å². The number of carbonyl (C=O) groups excluding carboxylic acids is 1. The van der Waals surface area contributed by atoms with Gasteiger partial charge >= 0.3 is 6.09 Å². The fraction of sp³-hybridized carbons (Fsp3) is 0.471. The highest BCUT2D eigenvalue weighted by atomic mass is 32.1. The van der Waals surface area contributed by atoms with Crippen LogP contribution in [-0.4, -0.2) is 46.4 Å². The molecular weight excluding hydrogens is 406 g/mol. The molecule has 1 saturated heterocycles. The Balaban J connectivity index is 2.00. The Bertz CT molecular complexity index is 646. The molecule has 1 aliphatic heterocycles. The highest BCUT2D eigenvalue weighted by Gasteiger charge is 2.24. The highest BCUT2D eigenvalue weighted by molar-refractivity contribution is 8.11. The minimum Gasteiger partial charge on any atom is -0.453 e. The SMILES string of the molecule is COC(=O)N1CCC(c2ccc(C(CNC(=S)S)NC(=S)S)cc2)CC1. The summed E-state index contributed by atoms with van der Waals surface area (Å²) in [6.07, 6.45) is 1.63. The molecule has 5 nitrogen and oxygen atoms in total. The van der Waals surface area contributed by atoms with Crippen molar-refractivity contribution in [2.75, 3.05) is 26.7 Å². The summed E-state index contributed by atoms with van der Waals surface area (Å²) in [4.78, 5) is 13.3. The smallest absolute Gasteiger partial charge is 0.409 e. The number of benzene rings is 1. The van der Waals surface area contributed by atoms with E-state index >= 15 is 0 Å². The van der Waals surface area contributed by atoms with Crippen molar-refractivity contribution in [3.63, 3.8) is 0 Å². The highest BCUT2D eigenvalue weighted by Crippen LogP contribution is 2.29. The van der Waals surface area contributed by atoms with E-state index in [0.717, 1.165) is 31.5 Å². The quantitative estimate of drug-likeness (QED) is 0.426. The van der Waals surface area contributed by atoms with Crippen LogP contribution in [0.15, 0.2) is 24.3 Å². The molecule has 1 fully saturated rings. The van der Waals surface area contributed by atoms with Gasteiger partial charge in [-0.15, -0.1) is 25.3 Å². The number of nitrogens with zero attached hydrogens (tertiary/aromatic N) is 1. The number of hydrogen-bond donors (Lipinski definition) is 4. The van der Waals surface area contributed by atoms with E-state index in [0.29, 0.717) is 21.1 Å². The van der Waals surface area contributed by atoms with Crippen LogP contribution in [0.1, 0.15) is 35.9 Å². The molecule has 26 heavy (non-hydrogen) atoms. The summed E-state index contributed by atoms with van der Waals surface area (Å²) in [6.45, 7) is 2.01. The summed E-state index contributed by atoms with van der Waals surface area (Å²) in [7, 11) is 1.42. The average Bonchev–Trinajstić information content (AvgIpc) is 2.64. The van der Waals surface area contributed by atoms with Crippen LogP contribution in [-0.2, 0) is 4.74 Å². The van der Waals surface area contributed by atoms with Crippen LogP contribution in [0.5, 0.6) is 0 Å². The second-order valence-electron chi connectivity index (χ2n) is 6.09. The van der Waals surface area contributed by atoms with Crippen LogP contribution in [0.3, 0.4) is 0 Å². The first-order chi connectivity index (χ1) is 12.4. The number of hydrogen-bond acceptors (Lipinski definition) is 4. The van der Waals surface area contributed by atoms with Gasteiger partial charge in [0.1, 0.15) is 8.64 Å². The van der Waals surface area contributed by atoms with Gasteiger partial charge in [0, 0.05) is 19.6 Å². The van der Waals surface area contributed by atoms with Crippen LogP contribution in [0.2, 0.25) is 0 Å². The van der Waals surface area contributed by atoms with E-state index < -0.39 is 0 Å². The Hall–Kier alpha value is -1.03. The van der Waals surface area contributed by atoms with Gasteiger partial charge in [0.15, 0.2) is 0 Å². The predicted octanol–water partition coefficient (Wildman–Crippen LogP) is 3.28. The molecule has 1 aliphatic rings. The molecule has 142 valence electrons. The molecule has 2 N–H and O–H groups in total. The standard InChI is InChI=1S/C17H23N3O2S4/c1-22-17(21)20-8-6-12(7-9-20)11-2-4-13(5-3-11)14(19-16(25)26)10-18-15(23)24/h2-5,12,14H,6-10H2,1H3,(H2,18,23,24)(H2,19,25,26). The molecule has 0 spiro atoms. The molecule has 1 aromatic rings. The molecule has 0 saturated carbocycles. The lowest BCUT2D eigenvalue weighted by molar-refractivity contribution is 0.112. The first-order valence-corrected chi connectivity index (χ1v) is 10.0. The summed E-state index contributed by atoms with van der Waals surface area (Å²) in [5, 5.41) is 6.20. The van der Waals surface area contributed by atoms with E-state index in [1.54, 1.807) is 4.90 Å². The van der Waals surface area contributed by atoms with Gasteiger partial charge in [-0.1, -0.05) is 48.7 Å². The van der Waals surface area contributed by atoms with E-state index in [4.69, 9.17) is 29.2 Å². The predicted molar refractivity (Wildman–Crippen MR) is 119 cm³/mol. The Labute approximate surface area is 176 Å². The first-order valence-electron chi connectivity index (χ1n) is 8.29. The molecule has 1 atom stereocenters. The minimum atomic E-state index is -0.245. The summed E-state index contributed by atoms with van der Waals surface area (Å²) in [5.41, 5.74) is 2.37. The van der Waals surface area contributed by atoms with E-state index in [1.807, 2.05) is 0 Å². The number of thiol groups is 2. The molecule has 0 aliphatic carbocycles. The first kappa shape index (κ1) is 21.3. The molecule has 2 rings (SSSR count). The zero-order valence-electron chi connectivity index (χ0n) is 14.5. The molecule has 1 heterocycles. The zero-order chi connectivity index (χ0) is 19.1. The maximum absolute atomic E-state index is 11.6. The molecule has 0 bridgehead atoms. The van der Waals surface area contributed by atoms with Crippen LogP contribution in [0.4, 0.5) is 4.79 Å². The maximum atomic E-state index is 11.6. The number of carbonyl (C=O) groups is 1. The Morgan fingerprint density at radius 3 is 2.35 bits per heavy atom. The molecule has 0 radical (unpaired) electrons. The van der Waals surface area contributed by atoms with Crippen molar-refractivity contribution >= 4 is 64.4 Å². The molecule has 9 heteroatoms. The van der Waals surface area contributed by atoms with Crippen LogP contribution >= 0.6 is 49.7 Å². The molecule has 1 amide bonds. The number of amides is 1. The maximum Gasteiger partial charge on any atom is 0.409 e. The van der Waals surface area contributed by atoms with Crippen molar-refractivity contribution in [3.05, 3.63) is 35.4 Å². The largest absolute Gasteiger partial charge is 0.453 e. The van der Waals surface area contributed by atoms with Gasteiger partial charge in [0.2, 0.25) is 0 Å². The lowest BCUT2D eigenvalue weighted by Crippen LogP contribution is -2.37. The lowest BCUT2D eigenvalue weighted by Gasteiger charge is -2.31. The van der Waals surface area contributed by atoms with Gasteiger partial charge < -0.3 is 20.3 Å². The van der Waals surface area contributed by atoms with Crippen molar-refractivity contribution in [1.29, 1.82) is 0 Å². The topological polar surface area (TPSA) is 53.6 Å². The number of likely N-dealkylation sites (tertiary alicyclic amines) is 1. The zero-order valence-corrected chi connectivity index (χ0v) is 17.9. The van der Waals surface area contributed by atoms with E-state index in [2.05, 4.69) is 60.2 Å². The second kappa shape index (κ2) is 10.3. The molecule has 1 aromatic carbocycles. The number of methoxy groups -OCH3 is 1. The third-order valence-electron chi connectivity index (χ3n) is 4.49. The Kier molecular flexibility index (Phi) is 8.46. The van der Waals surface area contributed by atoms with Gasteiger partial charge in [-0.25, -0.2) is 4.79 Å². The van der Waals surface area contributed by atoms with Gasteiger partial charge in [0.25, 0.3) is 0 Å². The van der Waals surface area contributed by atoms with Crippen molar-refractivity contribution in [3.8, 4) is 0 Å². The average molecular weight is 430 g/mol. The summed E-state index contributed by atoms with van der Waals surface area (Å²) >= 11 is 18.3. The second-order valence-corrected chi connectivity index (χ2v) is 8.40. The van der Waals surface area contributed by atoms with E-state index in [1.165, 1.54) is 12.7 Å². The van der Waals surface area contributed by atoms with Gasteiger partial charge in [0.05, 0.1) is 13.2 Å². The monoisotopic (exact) mass is 429 g/mol. The van der Waals surface area contributed by atoms with Gasteiger partial charge in [-0.3, -0.25) is 0 Å². The Morgan fingerprint density at radius 2 is 1.85 bits per heavy atom. The third-order valence-corrected chi connectivity index (χ3v) is 5.04. The normalized spacial score (nSPS) is 15.9. The summed E-state index contributed by atoms with van der Waals surface area (Å²) in [5.74, 6) is 0.450. The van der Waals surface area contributed by atoms with Gasteiger partial charge in [-0.2, -0.15) is 0 Å². The van der Waals surface area contributed by atoms with Crippen molar-refractivity contribution < 1.29 is 9.53 Å². The molecule has 1 unspecified atom stereocenters. The van der Waals surface area contributed by atoms with E-state index in [-0.39, 0.29) is 12.1 Å². The van der Waals surface area contributed by atoms with Gasteiger partial charge in [-0.05, 0) is 29.9 Å². The number of rotatable bonds is 5. The Morgan fingerprint density at radius 1 is 1.23 bits per heavy atom. The summed E-state index contributed by atoms with van der Waals surface area (Å²) < 4.78 is 5.66. The summed E-state index contributed by atoms with van der Waals surface area (Å²) in [6, 6.07) is 8.43. The molecule has 0 aromatic heterocycles. The van der Waals surface area contributed by atoms with E-state index in [9.17, 15) is 4.79 Å². The minimum absolute atomic E-state index is 0.0414. The van der Waals surface area contributed by atoms with Crippen LogP contribution < -0.4 is 10.6 Å². The third kappa shape index (κ3) is 6.29. The fourth-order valence-corrected chi connectivity index (χ4v) is 3.59. The number of piperidine rings is 1. The van der Waals surface area contributed by atoms with Crippen molar-refractivity contribution in [2.24, 2.45) is 0 Å². The van der Waals surface area contributed by atoms with Crippen molar-refractivity contribution in [1.82, 2.24) is 15.5 Å². The molecular formula is C17H23N3O2S4. The number of thiocarbonyl (C=S) groups is 2. The van der Waals surface area contributed by atoms with Crippen LogP contribution in [0, 0.1) is 0 Å². The number of nitrogens with one attached hydrogen (secondary N) is 2. The fourth-order valence-electron chi connectivity index (χ4n) is 3.12.